The highest BCUT2D eigenvalue weighted by molar-refractivity contribution is 5.99. The standard InChI is InChI=1S/C23H24N6O2/c1-4-16-6-5-7-17(12-16)26-22-18-13-20(21(31-3)14-19(18)24-15-25-22)27-23(30)29-10-8-28(2)9-11-29/h1,5-7,12-15H,8-11H2,2-3H3,(H,27,30)(H,24,25,26). The molecule has 0 atom stereocenters. The zero-order valence-corrected chi connectivity index (χ0v) is 17.6. The lowest BCUT2D eigenvalue weighted by atomic mass is 10.1. The lowest BCUT2D eigenvalue weighted by molar-refractivity contribution is 0.164. The average molecular weight is 416 g/mol. The van der Waals surface area contributed by atoms with Gasteiger partial charge in [-0.25, -0.2) is 14.8 Å². The Hall–Kier alpha value is -3.83. The number of piperazine rings is 1. The fourth-order valence-electron chi connectivity index (χ4n) is 3.48. The molecule has 1 aliphatic heterocycles. The van der Waals surface area contributed by atoms with E-state index in [1.165, 1.54) is 6.33 Å². The second-order valence-corrected chi connectivity index (χ2v) is 7.36. The van der Waals surface area contributed by atoms with Crippen LogP contribution >= 0.6 is 0 Å². The SMILES string of the molecule is C#Cc1cccc(Nc2ncnc3cc(OC)c(NC(=O)N4CCN(C)CC4)cc23)c1. The predicted octanol–water partition coefficient (Wildman–Crippen LogP) is 3.14. The van der Waals surface area contributed by atoms with Crippen LogP contribution in [0.3, 0.4) is 0 Å². The number of amides is 2. The lowest BCUT2D eigenvalue weighted by Gasteiger charge is -2.32. The van der Waals surface area contributed by atoms with Crippen LogP contribution in [-0.2, 0) is 0 Å². The Morgan fingerprint density at radius 1 is 1.16 bits per heavy atom. The Labute approximate surface area is 181 Å². The maximum absolute atomic E-state index is 12.8. The maximum Gasteiger partial charge on any atom is 0.322 e. The fourth-order valence-corrected chi connectivity index (χ4v) is 3.48. The van der Waals surface area contributed by atoms with Gasteiger partial charge in [-0.15, -0.1) is 6.42 Å². The number of hydrogen-bond donors (Lipinski definition) is 2. The first-order valence-electron chi connectivity index (χ1n) is 9.98. The second kappa shape index (κ2) is 8.90. The Bertz CT molecular complexity index is 1150. The first-order chi connectivity index (χ1) is 15.1. The number of hydrogen-bond acceptors (Lipinski definition) is 6. The number of ether oxygens (including phenoxy) is 1. The van der Waals surface area contributed by atoms with E-state index in [0.29, 0.717) is 35.9 Å². The zero-order chi connectivity index (χ0) is 21.8. The monoisotopic (exact) mass is 416 g/mol. The number of nitrogens with zero attached hydrogens (tertiary/aromatic N) is 4. The number of nitrogens with one attached hydrogen (secondary N) is 2. The van der Waals surface area contributed by atoms with Gasteiger partial charge in [0, 0.05) is 48.9 Å². The molecule has 0 aliphatic carbocycles. The number of anilines is 3. The normalized spacial score (nSPS) is 14.2. The molecule has 0 unspecified atom stereocenters. The van der Waals surface area contributed by atoms with Crippen LogP contribution in [0.25, 0.3) is 10.9 Å². The highest BCUT2D eigenvalue weighted by Crippen LogP contribution is 2.33. The summed E-state index contributed by atoms with van der Waals surface area (Å²) in [6.07, 6.45) is 6.99. The van der Waals surface area contributed by atoms with Crippen molar-refractivity contribution in [1.29, 1.82) is 0 Å². The molecule has 0 radical (unpaired) electrons. The van der Waals surface area contributed by atoms with Crippen LogP contribution in [0.1, 0.15) is 5.56 Å². The van der Waals surface area contributed by atoms with Crippen LogP contribution < -0.4 is 15.4 Å². The van der Waals surface area contributed by atoms with Gasteiger partial charge in [-0.3, -0.25) is 0 Å². The number of terminal acetylenes is 1. The minimum atomic E-state index is -0.154. The van der Waals surface area contributed by atoms with Crippen molar-refractivity contribution in [3.63, 3.8) is 0 Å². The van der Waals surface area contributed by atoms with Crippen molar-refractivity contribution in [1.82, 2.24) is 19.8 Å². The van der Waals surface area contributed by atoms with Crippen molar-refractivity contribution >= 4 is 34.1 Å². The Morgan fingerprint density at radius 3 is 2.71 bits per heavy atom. The number of rotatable bonds is 4. The van der Waals surface area contributed by atoms with E-state index in [0.717, 1.165) is 29.7 Å². The Balaban J connectivity index is 1.65. The number of aromatic nitrogens is 2. The second-order valence-electron chi connectivity index (χ2n) is 7.36. The number of likely N-dealkylation sites (N-methyl/N-ethyl adjacent to an activating group) is 1. The molecule has 8 nitrogen and oxygen atoms in total. The molecule has 1 fully saturated rings. The van der Waals surface area contributed by atoms with Crippen LogP contribution in [0.5, 0.6) is 5.75 Å². The smallest absolute Gasteiger partial charge is 0.322 e. The third kappa shape index (κ3) is 4.52. The van der Waals surface area contributed by atoms with Crippen molar-refractivity contribution in [2.24, 2.45) is 0 Å². The van der Waals surface area contributed by atoms with E-state index < -0.39 is 0 Å². The summed E-state index contributed by atoms with van der Waals surface area (Å²) in [6, 6.07) is 11.0. The summed E-state index contributed by atoms with van der Waals surface area (Å²) in [5.74, 6) is 3.77. The molecule has 8 heteroatoms. The van der Waals surface area contributed by atoms with Gasteiger partial charge >= 0.3 is 6.03 Å². The molecule has 1 saturated heterocycles. The molecule has 2 aromatic carbocycles. The first-order valence-corrected chi connectivity index (χ1v) is 9.98. The van der Waals surface area contributed by atoms with Gasteiger partial charge in [0.25, 0.3) is 0 Å². The van der Waals surface area contributed by atoms with Gasteiger partial charge in [0.15, 0.2) is 0 Å². The van der Waals surface area contributed by atoms with Crippen molar-refractivity contribution in [3.8, 4) is 18.1 Å². The summed E-state index contributed by atoms with van der Waals surface area (Å²) >= 11 is 0. The minimum absolute atomic E-state index is 0.154. The van der Waals surface area contributed by atoms with E-state index in [1.54, 1.807) is 18.1 Å². The number of fused-ring (bicyclic) bond motifs is 1. The minimum Gasteiger partial charge on any atom is -0.494 e. The Morgan fingerprint density at radius 2 is 1.97 bits per heavy atom. The van der Waals surface area contributed by atoms with Gasteiger partial charge in [0.1, 0.15) is 17.9 Å². The van der Waals surface area contributed by atoms with Gasteiger partial charge in [-0.2, -0.15) is 0 Å². The summed E-state index contributed by atoms with van der Waals surface area (Å²) in [7, 11) is 3.62. The van der Waals surface area contributed by atoms with E-state index in [9.17, 15) is 4.79 Å². The molecule has 0 bridgehead atoms. The summed E-state index contributed by atoms with van der Waals surface area (Å²) < 4.78 is 5.50. The maximum atomic E-state index is 12.8. The van der Waals surface area contributed by atoms with E-state index >= 15 is 0 Å². The molecule has 1 aliphatic rings. The van der Waals surface area contributed by atoms with E-state index in [-0.39, 0.29) is 6.03 Å². The van der Waals surface area contributed by atoms with Gasteiger partial charge in [-0.05, 0) is 31.3 Å². The molecule has 0 saturated carbocycles. The third-order valence-corrected chi connectivity index (χ3v) is 5.28. The first kappa shape index (κ1) is 20.4. The summed E-state index contributed by atoms with van der Waals surface area (Å²) in [5, 5.41) is 7.03. The van der Waals surface area contributed by atoms with Crippen molar-refractivity contribution in [3.05, 3.63) is 48.3 Å². The van der Waals surface area contributed by atoms with E-state index in [4.69, 9.17) is 11.2 Å². The molecule has 31 heavy (non-hydrogen) atoms. The topological polar surface area (TPSA) is 82.6 Å². The third-order valence-electron chi connectivity index (χ3n) is 5.28. The van der Waals surface area contributed by atoms with Crippen LogP contribution in [0.4, 0.5) is 22.0 Å². The lowest BCUT2D eigenvalue weighted by Crippen LogP contribution is -2.48. The van der Waals surface area contributed by atoms with E-state index in [1.807, 2.05) is 30.3 Å². The van der Waals surface area contributed by atoms with Crippen LogP contribution in [0, 0.1) is 12.3 Å². The van der Waals surface area contributed by atoms with Gasteiger partial charge in [-0.1, -0.05) is 12.0 Å². The van der Waals surface area contributed by atoms with Crippen molar-refractivity contribution < 1.29 is 9.53 Å². The highest BCUT2D eigenvalue weighted by Gasteiger charge is 2.21. The quantitative estimate of drug-likeness (QED) is 0.636. The number of carbonyl (C=O) groups excluding carboxylic acids is 1. The molecule has 0 spiro atoms. The van der Waals surface area contributed by atoms with Crippen LogP contribution in [-0.4, -0.2) is 66.1 Å². The zero-order valence-electron chi connectivity index (χ0n) is 17.6. The number of methoxy groups -OCH3 is 1. The summed E-state index contributed by atoms with van der Waals surface area (Å²) in [5.41, 5.74) is 2.84. The van der Waals surface area contributed by atoms with Gasteiger partial charge in [0.05, 0.1) is 18.3 Å². The number of urea groups is 1. The van der Waals surface area contributed by atoms with Crippen LogP contribution in [0.15, 0.2) is 42.7 Å². The summed E-state index contributed by atoms with van der Waals surface area (Å²) in [4.78, 5) is 25.5. The van der Waals surface area contributed by atoms with Crippen molar-refractivity contribution in [2.45, 2.75) is 0 Å². The predicted molar refractivity (Wildman–Crippen MR) is 122 cm³/mol. The Kier molecular flexibility index (Phi) is 5.87. The number of carbonyl (C=O) groups is 1. The molecule has 3 aromatic rings. The van der Waals surface area contributed by atoms with Crippen molar-refractivity contribution in [2.75, 3.05) is 51.0 Å². The molecule has 2 amide bonds. The van der Waals surface area contributed by atoms with Gasteiger partial charge < -0.3 is 25.2 Å². The molecule has 2 N–H and O–H groups in total. The molecule has 4 rings (SSSR count). The van der Waals surface area contributed by atoms with Crippen LogP contribution in [0.2, 0.25) is 0 Å². The van der Waals surface area contributed by atoms with E-state index in [2.05, 4.69) is 38.5 Å². The number of benzene rings is 2. The molecular weight excluding hydrogens is 392 g/mol. The largest absolute Gasteiger partial charge is 0.494 e. The fraction of sp³-hybridized carbons (Fsp3) is 0.261. The molecule has 158 valence electrons. The summed E-state index contributed by atoms with van der Waals surface area (Å²) in [6.45, 7) is 3.06. The molecule has 1 aromatic heterocycles. The molecular formula is C23H24N6O2. The highest BCUT2D eigenvalue weighted by atomic mass is 16.5. The average Bonchev–Trinajstić information content (AvgIpc) is 2.79. The molecule has 2 heterocycles. The van der Waals surface area contributed by atoms with Gasteiger partial charge in [0.2, 0.25) is 0 Å².